The lowest BCUT2D eigenvalue weighted by Gasteiger charge is -2.10. The van der Waals surface area contributed by atoms with Crippen molar-refractivity contribution in [1.82, 2.24) is 15.6 Å². The maximum absolute atomic E-state index is 4.64. The van der Waals surface area contributed by atoms with E-state index in [0.29, 0.717) is 6.54 Å². The number of nitrogens with zero attached hydrogens (tertiary/aromatic N) is 2. The van der Waals surface area contributed by atoms with Gasteiger partial charge in [0.2, 0.25) is 0 Å². The van der Waals surface area contributed by atoms with Crippen molar-refractivity contribution < 1.29 is 0 Å². The number of thiazole rings is 1. The Hall–Kier alpha value is -1.15. The molecule has 0 bridgehead atoms. The first-order chi connectivity index (χ1) is 10.6. The number of hydrogen-bond donors (Lipinski definition) is 2. The van der Waals surface area contributed by atoms with Crippen LogP contribution < -0.4 is 10.6 Å². The van der Waals surface area contributed by atoms with Gasteiger partial charge in [0.25, 0.3) is 0 Å². The molecule has 0 radical (unpaired) electrons. The zero-order valence-corrected chi connectivity index (χ0v) is 17.3. The van der Waals surface area contributed by atoms with Gasteiger partial charge in [-0.3, -0.25) is 0 Å². The molecule has 1 aromatic heterocycles. The Kier molecular flexibility index (Phi) is 8.54. The number of aliphatic imine (C=N–C) groups is 1. The van der Waals surface area contributed by atoms with Crippen LogP contribution in [-0.2, 0) is 13.1 Å². The summed E-state index contributed by atoms with van der Waals surface area (Å²) in [6, 6.07) is 8.49. The number of hydrogen-bond acceptors (Lipinski definition) is 3. The summed E-state index contributed by atoms with van der Waals surface area (Å²) in [5, 5.41) is 7.77. The van der Waals surface area contributed by atoms with Crippen molar-refractivity contribution >= 4 is 41.3 Å². The molecule has 0 spiro atoms. The summed E-state index contributed by atoms with van der Waals surface area (Å²) in [6.07, 6.45) is 0. The third-order valence-corrected chi connectivity index (χ3v) is 4.37. The van der Waals surface area contributed by atoms with Crippen LogP contribution in [0.2, 0.25) is 0 Å². The molecule has 1 heterocycles. The lowest BCUT2D eigenvalue weighted by atomic mass is 10.1. The van der Waals surface area contributed by atoms with Crippen LogP contribution >= 0.6 is 35.3 Å². The number of aryl methyl sites for hydroxylation is 3. The van der Waals surface area contributed by atoms with E-state index in [2.05, 4.69) is 65.6 Å². The van der Waals surface area contributed by atoms with Crippen LogP contribution in [-0.4, -0.2) is 17.5 Å². The van der Waals surface area contributed by atoms with Gasteiger partial charge in [0.05, 0.1) is 23.8 Å². The molecular weight excluding hydrogens is 419 g/mol. The number of benzene rings is 1. The molecule has 0 aliphatic rings. The predicted octanol–water partition coefficient (Wildman–Crippen LogP) is 3.94. The number of guanidine groups is 1. The molecule has 4 nitrogen and oxygen atoms in total. The largest absolute Gasteiger partial charge is 0.357 e. The highest BCUT2D eigenvalue weighted by molar-refractivity contribution is 14.0. The Morgan fingerprint density at radius 1 is 1.13 bits per heavy atom. The molecule has 0 saturated heterocycles. The number of aromatic nitrogens is 1. The Labute approximate surface area is 159 Å². The predicted molar refractivity (Wildman–Crippen MR) is 110 cm³/mol. The molecule has 23 heavy (non-hydrogen) atoms. The second kappa shape index (κ2) is 9.87. The Morgan fingerprint density at radius 2 is 1.83 bits per heavy atom. The van der Waals surface area contributed by atoms with Crippen molar-refractivity contribution in [3.8, 4) is 0 Å². The molecule has 2 aromatic rings. The first-order valence-electron chi connectivity index (χ1n) is 7.59. The fourth-order valence-corrected chi connectivity index (χ4v) is 2.98. The van der Waals surface area contributed by atoms with Crippen LogP contribution in [0.1, 0.15) is 33.6 Å². The van der Waals surface area contributed by atoms with E-state index in [-0.39, 0.29) is 24.0 Å². The molecule has 2 N–H and O–H groups in total. The highest BCUT2D eigenvalue weighted by Crippen LogP contribution is 2.16. The summed E-state index contributed by atoms with van der Waals surface area (Å²) in [5.41, 5.74) is 3.59. The topological polar surface area (TPSA) is 49.3 Å². The van der Waals surface area contributed by atoms with Crippen molar-refractivity contribution in [2.45, 2.75) is 40.8 Å². The van der Waals surface area contributed by atoms with E-state index in [9.17, 15) is 0 Å². The van der Waals surface area contributed by atoms with Gasteiger partial charge in [0.1, 0.15) is 0 Å². The molecule has 0 aliphatic heterocycles. The van der Waals surface area contributed by atoms with E-state index in [4.69, 9.17) is 0 Å². The van der Waals surface area contributed by atoms with Gasteiger partial charge in [0.15, 0.2) is 5.96 Å². The Bertz CT molecular complexity index is 635. The van der Waals surface area contributed by atoms with Crippen LogP contribution in [0.3, 0.4) is 0 Å². The SMILES string of the molecule is CCNC(=NCc1ccc(C)cc1)NCc1sc(C)nc1C.I. The third kappa shape index (κ3) is 6.47. The molecule has 0 amide bonds. The Balaban J connectivity index is 0.00000264. The van der Waals surface area contributed by atoms with Crippen LogP contribution in [0.15, 0.2) is 29.3 Å². The van der Waals surface area contributed by atoms with Crippen LogP contribution in [0.25, 0.3) is 0 Å². The molecule has 0 saturated carbocycles. The molecule has 0 aliphatic carbocycles. The summed E-state index contributed by atoms with van der Waals surface area (Å²) < 4.78 is 0. The van der Waals surface area contributed by atoms with Gasteiger partial charge < -0.3 is 10.6 Å². The quantitative estimate of drug-likeness (QED) is 0.417. The first-order valence-corrected chi connectivity index (χ1v) is 8.40. The van der Waals surface area contributed by atoms with Gasteiger partial charge in [-0.2, -0.15) is 0 Å². The number of rotatable bonds is 5. The van der Waals surface area contributed by atoms with Gasteiger partial charge in [-0.1, -0.05) is 29.8 Å². The van der Waals surface area contributed by atoms with Gasteiger partial charge in [-0.25, -0.2) is 9.98 Å². The summed E-state index contributed by atoms with van der Waals surface area (Å²) >= 11 is 1.73. The second-order valence-electron chi connectivity index (χ2n) is 5.28. The Morgan fingerprint density at radius 3 is 2.39 bits per heavy atom. The number of nitrogens with one attached hydrogen (secondary N) is 2. The van der Waals surface area contributed by atoms with Gasteiger partial charge >= 0.3 is 0 Å². The van der Waals surface area contributed by atoms with Gasteiger partial charge in [-0.15, -0.1) is 35.3 Å². The first kappa shape index (κ1) is 19.9. The molecule has 2 rings (SSSR count). The molecule has 6 heteroatoms. The van der Waals surface area contributed by atoms with Gasteiger partial charge in [0, 0.05) is 11.4 Å². The van der Waals surface area contributed by atoms with Crippen LogP contribution in [0.4, 0.5) is 0 Å². The standard InChI is InChI=1S/C17H24N4S.HI/c1-5-18-17(19-10-15-8-6-12(2)7-9-15)20-11-16-13(3)21-14(4)22-16;/h6-9H,5,10-11H2,1-4H3,(H2,18,19,20);1H. The lowest BCUT2D eigenvalue weighted by molar-refractivity contribution is 0.819. The maximum Gasteiger partial charge on any atom is 0.191 e. The van der Waals surface area contributed by atoms with Crippen molar-refractivity contribution in [3.05, 3.63) is 51.0 Å². The molecular formula is C17H25IN4S. The fourth-order valence-electron chi connectivity index (χ4n) is 2.11. The summed E-state index contributed by atoms with van der Waals surface area (Å²) in [5.74, 6) is 0.841. The molecule has 126 valence electrons. The smallest absolute Gasteiger partial charge is 0.191 e. The average Bonchev–Trinajstić information content (AvgIpc) is 2.81. The molecule has 1 aromatic carbocycles. The minimum Gasteiger partial charge on any atom is -0.357 e. The summed E-state index contributed by atoms with van der Waals surface area (Å²) in [4.78, 5) is 10.4. The lowest BCUT2D eigenvalue weighted by Crippen LogP contribution is -2.36. The van der Waals surface area contributed by atoms with Crippen LogP contribution in [0.5, 0.6) is 0 Å². The van der Waals surface area contributed by atoms with Gasteiger partial charge in [-0.05, 0) is 33.3 Å². The van der Waals surface area contributed by atoms with E-state index in [1.165, 1.54) is 16.0 Å². The average molecular weight is 444 g/mol. The third-order valence-electron chi connectivity index (χ3n) is 3.30. The molecule has 0 atom stereocenters. The van der Waals surface area contributed by atoms with E-state index < -0.39 is 0 Å². The zero-order valence-electron chi connectivity index (χ0n) is 14.1. The minimum atomic E-state index is 0. The monoisotopic (exact) mass is 444 g/mol. The number of halogens is 1. The van der Waals surface area contributed by atoms with Crippen molar-refractivity contribution in [2.24, 2.45) is 4.99 Å². The van der Waals surface area contributed by atoms with Crippen LogP contribution in [0, 0.1) is 20.8 Å². The maximum atomic E-state index is 4.64. The molecule has 0 unspecified atom stereocenters. The van der Waals surface area contributed by atoms with Crippen molar-refractivity contribution in [3.63, 3.8) is 0 Å². The normalized spacial score (nSPS) is 11.0. The minimum absolute atomic E-state index is 0. The van der Waals surface area contributed by atoms with E-state index >= 15 is 0 Å². The zero-order chi connectivity index (χ0) is 15.9. The van der Waals surface area contributed by atoms with E-state index in [1.807, 2.05) is 6.92 Å². The highest BCUT2D eigenvalue weighted by Gasteiger charge is 2.05. The van der Waals surface area contributed by atoms with Crippen molar-refractivity contribution in [2.75, 3.05) is 6.54 Å². The summed E-state index contributed by atoms with van der Waals surface area (Å²) in [7, 11) is 0. The van der Waals surface area contributed by atoms with E-state index in [0.717, 1.165) is 29.8 Å². The van der Waals surface area contributed by atoms with E-state index in [1.54, 1.807) is 11.3 Å². The van der Waals surface area contributed by atoms with Crippen molar-refractivity contribution in [1.29, 1.82) is 0 Å². The fraction of sp³-hybridized carbons (Fsp3) is 0.412. The highest BCUT2D eigenvalue weighted by atomic mass is 127. The second-order valence-corrected chi connectivity index (χ2v) is 6.56. The molecule has 0 fully saturated rings. The summed E-state index contributed by atoms with van der Waals surface area (Å²) in [6.45, 7) is 10.5.